The Morgan fingerprint density at radius 1 is 0.954 bits per heavy atom. The van der Waals surface area contributed by atoms with Gasteiger partial charge < -0.3 is 20.9 Å². The minimum atomic E-state index is -1.42. The summed E-state index contributed by atoms with van der Waals surface area (Å²) in [6, 6.07) is 8.88. The Hall–Kier alpha value is -5.11. The van der Waals surface area contributed by atoms with Crippen molar-refractivity contribution in [2.75, 3.05) is 11.9 Å². The molecular weight excluding hydrogens is 870 g/mol. The predicted octanol–water partition coefficient (Wildman–Crippen LogP) is 7.50. The molecule has 2 spiro atoms. The number of hydrogen-bond acceptors (Lipinski definition) is 7. The van der Waals surface area contributed by atoms with Crippen LogP contribution < -0.4 is 26.6 Å². The van der Waals surface area contributed by atoms with E-state index in [1.54, 1.807) is 29.2 Å². The van der Waals surface area contributed by atoms with Crippen LogP contribution in [0.2, 0.25) is 5.02 Å². The number of aryl methyl sites for hydroxylation is 1. The molecule has 2 aromatic rings. The van der Waals surface area contributed by atoms with Crippen LogP contribution in [-0.2, 0) is 42.4 Å². The molecule has 12 nitrogen and oxygen atoms in total. The van der Waals surface area contributed by atoms with Crippen LogP contribution in [0, 0.1) is 11.8 Å². The number of carbonyl (C=O) groups is 6. The van der Waals surface area contributed by atoms with Gasteiger partial charge in [0.2, 0.25) is 29.5 Å². The molecular formula is C50H57Cl2FN6O6. The number of carbonyl (C=O) groups excluding carboxylic acids is 6. The molecule has 4 heterocycles. The number of nitrogens with zero attached hydrogens (tertiary/aromatic N) is 1. The van der Waals surface area contributed by atoms with E-state index >= 15 is 4.39 Å². The molecule has 344 valence electrons. The first-order valence-corrected chi connectivity index (χ1v) is 23.8. The zero-order valence-electron chi connectivity index (χ0n) is 36.5. The second-order valence-corrected chi connectivity index (χ2v) is 19.5. The normalized spacial score (nSPS) is 27.2. The molecule has 0 bridgehead atoms. The van der Waals surface area contributed by atoms with Gasteiger partial charge in [0, 0.05) is 58.3 Å². The summed E-state index contributed by atoms with van der Waals surface area (Å²) in [6.45, 7) is 8.75. The molecule has 4 fully saturated rings. The number of nitrogens with one attached hydrogen (secondary N) is 5. The predicted molar refractivity (Wildman–Crippen MR) is 247 cm³/mol. The van der Waals surface area contributed by atoms with E-state index in [1.165, 1.54) is 18.2 Å². The highest BCUT2D eigenvalue weighted by atomic mass is 35.5. The average molecular weight is 928 g/mol. The van der Waals surface area contributed by atoms with E-state index in [0.717, 1.165) is 48.8 Å². The molecule has 4 atom stereocenters. The maximum absolute atomic E-state index is 16.9. The van der Waals surface area contributed by atoms with Crippen molar-refractivity contribution in [2.24, 2.45) is 11.8 Å². The molecule has 0 radical (unpaired) electrons. The molecule has 15 heteroatoms. The van der Waals surface area contributed by atoms with Gasteiger partial charge in [0.15, 0.2) is 0 Å². The second-order valence-electron chi connectivity index (χ2n) is 18.6. The number of piperidine rings is 1. The lowest BCUT2D eigenvalue weighted by Crippen LogP contribution is -2.60. The van der Waals surface area contributed by atoms with Crippen LogP contribution in [0.3, 0.4) is 0 Å². The Labute approximate surface area is 389 Å². The van der Waals surface area contributed by atoms with Gasteiger partial charge in [-0.1, -0.05) is 85.5 Å². The Bertz CT molecular complexity index is 2370. The van der Waals surface area contributed by atoms with E-state index in [0.29, 0.717) is 92.7 Å². The van der Waals surface area contributed by atoms with Crippen LogP contribution in [0.5, 0.6) is 0 Å². The van der Waals surface area contributed by atoms with Crippen molar-refractivity contribution in [3.8, 4) is 0 Å². The summed E-state index contributed by atoms with van der Waals surface area (Å²) in [5.74, 6) is -3.68. The van der Waals surface area contributed by atoms with E-state index in [-0.39, 0.29) is 52.9 Å². The third-order valence-corrected chi connectivity index (χ3v) is 15.1. The molecule has 6 amide bonds. The van der Waals surface area contributed by atoms with Crippen LogP contribution in [0.25, 0.3) is 0 Å². The molecule has 2 aromatic carbocycles. The van der Waals surface area contributed by atoms with E-state index in [1.807, 2.05) is 12.1 Å². The molecule has 8 rings (SSSR count). The minimum absolute atomic E-state index is 0.0184. The summed E-state index contributed by atoms with van der Waals surface area (Å²) in [6.07, 6.45) is 13.7. The third kappa shape index (κ3) is 9.08. The number of hydrogen-bond donors (Lipinski definition) is 5. The molecule has 1 unspecified atom stereocenters. The number of imide groups is 1. The number of allylic oxidation sites excluding steroid dienone is 5. The van der Waals surface area contributed by atoms with Crippen molar-refractivity contribution in [1.29, 1.82) is 0 Å². The SMILES string of the molecule is C=C(Cl)/C=C\C=C(/F)[C@H]1[C@H](C(=O)NC2CCC(C(=O)NCCCC(=C)CCc3cccc4c3CN(C3CCC(=O)NC3=O)C4=O)CC2)NC2(CCCCC2)[C@@]12C(=O)Nc1cc(Cl)ccc12. The highest BCUT2D eigenvalue weighted by molar-refractivity contribution is 6.31. The molecule has 2 aliphatic carbocycles. The standard InChI is InChI=1S/C50H57Cl2FN6O6/c1-29(14-15-31-11-7-12-35-36(31)28-59(47(35)64)40-22-23-41(60)57-45(40)62)9-8-26-54-44(61)32-16-19-34(20-17-32)55-46(63)43-42(38(53)13-6-10-30(2)51)50(49(58-43)24-4-3-5-25-49)37-21-18-33(52)27-39(37)56-48(50)65/h6-7,10-13,18,21,27,32,34,40,42-43,58H,1-5,8-9,14-17,19-20,22-26,28H2,(H,54,61)(H,55,63)(H,56,65)(H,57,60,62)/b10-6-,38-13-/t32?,34?,40?,42-,43+,50+/m0/s1. The van der Waals surface area contributed by atoms with Gasteiger partial charge in [0.25, 0.3) is 5.91 Å². The lowest BCUT2D eigenvalue weighted by atomic mass is 9.56. The fourth-order valence-corrected chi connectivity index (χ4v) is 11.8. The number of benzene rings is 2. The Morgan fingerprint density at radius 2 is 1.72 bits per heavy atom. The lowest BCUT2D eigenvalue weighted by Gasteiger charge is -2.46. The number of halogens is 3. The van der Waals surface area contributed by atoms with Crippen molar-refractivity contribution < 1.29 is 33.2 Å². The van der Waals surface area contributed by atoms with Gasteiger partial charge in [-0.25, -0.2) is 4.39 Å². The Morgan fingerprint density at radius 3 is 2.46 bits per heavy atom. The zero-order valence-corrected chi connectivity index (χ0v) is 38.1. The van der Waals surface area contributed by atoms with E-state index in [4.69, 9.17) is 23.2 Å². The van der Waals surface area contributed by atoms with Crippen molar-refractivity contribution >= 4 is 64.3 Å². The van der Waals surface area contributed by atoms with E-state index in [9.17, 15) is 28.8 Å². The summed E-state index contributed by atoms with van der Waals surface area (Å²) in [5.41, 5.74) is 2.42. The smallest absolute Gasteiger partial charge is 0.255 e. The van der Waals surface area contributed by atoms with E-state index < -0.39 is 40.7 Å². The average Bonchev–Trinajstić information content (AvgIpc) is 3.88. The molecule has 2 saturated carbocycles. The largest absolute Gasteiger partial charge is 0.356 e. The first-order chi connectivity index (χ1) is 31.2. The maximum atomic E-state index is 16.9. The fraction of sp³-hybridized carbons (Fsp3) is 0.480. The third-order valence-electron chi connectivity index (χ3n) is 14.7. The lowest BCUT2D eigenvalue weighted by molar-refractivity contribution is -0.137. The molecule has 4 aliphatic heterocycles. The van der Waals surface area contributed by atoms with Crippen LogP contribution in [0.15, 0.2) is 84.2 Å². The van der Waals surface area contributed by atoms with Crippen molar-refractivity contribution in [1.82, 2.24) is 26.2 Å². The Balaban J connectivity index is 0.836. The molecule has 2 saturated heterocycles. The van der Waals surface area contributed by atoms with Gasteiger partial charge in [-0.3, -0.25) is 39.4 Å². The molecule has 65 heavy (non-hydrogen) atoms. The van der Waals surface area contributed by atoms with Gasteiger partial charge in [0.05, 0.1) is 12.0 Å². The topological polar surface area (TPSA) is 166 Å². The second kappa shape index (κ2) is 19.4. The van der Waals surface area contributed by atoms with Crippen LogP contribution in [0.4, 0.5) is 10.1 Å². The van der Waals surface area contributed by atoms with Crippen LogP contribution in [-0.4, -0.2) is 70.6 Å². The summed E-state index contributed by atoms with van der Waals surface area (Å²) < 4.78 is 16.9. The molecule has 6 aliphatic rings. The zero-order chi connectivity index (χ0) is 46.0. The summed E-state index contributed by atoms with van der Waals surface area (Å²) in [4.78, 5) is 81.2. The summed E-state index contributed by atoms with van der Waals surface area (Å²) in [5, 5.41) is 15.9. The monoisotopic (exact) mass is 926 g/mol. The van der Waals surface area contributed by atoms with Crippen molar-refractivity contribution in [2.45, 2.75) is 132 Å². The number of fused-ring (bicyclic) bond motifs is 4. The van der Waals surface area contributed by atoms with Gasteiger partial charge in [-0.05, 0) is 118 Å². The van der Waals surface area contributed by atoms with Crippen LogP contribution in [0.1, 0.15) is 117 Å². The van der Waals surface area contributed by atoms with Gasteiger partial charge in [0.1, 0.15) is 17.3 Å². The molecule has 5 N–H and O–H groups in total. The maximum Gasteiger partial charge on any atom is 0.255 e. The van der Waals surface area contributed by atoms with E-state index in [2.05, 4.69) is 39.7 Å². The number of amides is 6. The quantitative estimate of drug-likeness (QED) is 0.0567. The van der Waals surface area contributed by atoms with Crippen molar-refractivity contribution in [3.05, 3.63) is 111 Å². The molecule has 0 aromatic heterocycles. The Kier molecular flexibility index (Phi) is 13.8. The van der Waals surface area contributed by atoms with Gasteiger partial charge in [-0.15, -0.1) is 0 Å². The summed E-state index contributed by atoms with van der Waals surface area (Å²) in [7, 11) is 0. The summed E-state index contributed by atoms with van der Waals surface area (Å²) >= 11 is 12.3. The van der Waals surface area contributed by atoms with Gasteiger partial charge in [-0.2, -0.15) is 0 Å². The minimum Gasteiger partial charge on any atom is -0.356 e. The fourth-order valence-electron chi connectivity index (χ4n) is 11.6. The van der Waals surface area contributed by atoms with Gasteiger partial charge >= 0.3 is 0 Å². The first-order valence-electron chi connectivity index (χ1n) is 23.0. The van der Waals surface area contributed by atoms with Crippen LogP contribution >= 0.6 is 23.2 Å². The number of rotatable bonds is 14. The highest BCUT2D eigenvalue weighted by Gasteiger charge is 2.72. The highest BCUT2D eigenvalue weighted by Crippen LogP contribution is 2.61. The first kappa shape index (κ1) is 46.4. The number of anilines is 1. The van der Waals surface area contributed by atoms with Crippen molar-refractivity contribution in [3.63, 3.8) is 0 Å².